The number of carbonyl (C=O) groups is 2. The summed E-state index contributed by atoms with van der Waals surface area (Å²) in [5, 5.41) is 6.53. The van der Waals surface area contributed by atoms with E-state index in [-0.39, 0.29) is 5.24 Å². The Balaban J connectivity index is 1.49. The Morgan fingerprint density at radius 1 is 1.10 bits per heavy atom. The van der Waals surface area contributed by atoms with Gasteiger partial charge in [0.2, 0.25) is 0 Å². The number of benzene rings is 1. The molecule has 152 valence electrons. The topological polar surface area (TPSA) is 82.8 Å². The number of likely N-dealkylation sites (N-methyl/N-ethyl adjacent to an activating group) is 1. The first kappa shape index (κ1) is 18.8. The minimum Gasteiger partial charge on any atom is -0.369 e. The van der Waals surface area contributed by atoms with Gasteiger partial charge < -0.3 is 9.80 Å². The molecule has 2 aliphatic heterocycles. The monoisotopic (exact) mass is 420 g/mol. The third-order valence-corrected chi connectivity index (χ3v) is 6.12. The fraction of sp³-hybridized carbons (Fsp3) is 0.238. The lowest BCUT2D eigenvalue weighted by molar-refractivity contribution is -0.115. The van der Waals surface area contributed by atoms with Crippen molar-refractivity contribution >= 4 is 40.3 Å². The number of anilines is 1. The van der Waals surface area contributed by atoms with E-state index >= 15 is 0 Å². The molecule has 0 atom stereocenters. The molecule has 2 saturated heterocycles. The average molecular weight is 420 g/mol. The van der Waals surface area contributed by atoms with E-state index < -0.39 is 5.91 Å². The van der Waals surface area contributed by atoms with Crippen LogP contribution in [0.2, 0.25) is 0 Å². The molecule has 5 rings (SSSR count). The molecule has 2 amide bonds. The molecule has 8 nitrogen and oxygen atoms in total. The zero-order chi connectivity index (χ0) is 20.7. The van der Waals surface area contributed by atoms with Crippen molar-refractivity contribution in [3.05, 3.63) is 53.2 Å². The van der Waals surface area contributed by atoms with Crippen LogP contribution >= 0.6 is 11.8 Å². The van der Waals surface area contributed by atoms with Gasteiger partial charge in [-0.2, -0.15) is 5.10 Å². The predicted octanol–water partition coefficient (Wildman–Crippen LogP) is 2.47. The van der Waals surface area contributed by atoms with Crippen molar-refractivity contribution in [3.8, 4) is 11.3 Å². The van der Waals surface area contributed by atoms with Crippen molar-refractivity contribution in [1.29, 1.82) is 0 Å². The van der Waals surface area contributed by atoms with E-state index in [4.69, 9.17) is 0 Å². The maximum Gasteiger partial charge on any atom is 0.290 e. The van der Waals surface area contributed by atoms with Gasteiger partial charge in [0.05, 0.1) is 22.5 Å². The lowest BCUT2D eigenvalue weighted by Gasteiger charge is -2.34. The number of hydrogen-bond acceptors (Lipinski definition) is 7. The zero-order valence-electron chi connectivity index (χ0n) is 16.4. The number of imide groups is 1. The summed E-state index contributed by atoms with van der Waals surface area (Å²) in [5.41, 5.74) is 4.40. The van der Waals surface area contributed by atoms with Crippen LogP contribution < -0.4 is 10.2 Å². The van der Waals surface area contributed by atoms with Crippen LogP contribution in [-0.2, 0) is 4.79 Å². The third kappa shape index (κ3) is 3.57. The summed E-state index contributed by atoms with van der Waals surface area (Å²) in [6, 6.07) is 12.0. The van der Waals surface area contributed by atoms with E-state index in [2.05, 4.69) is 56.5 Å². The van der Waals surface area contributed by atoms with E-state index in [0.29, 0.717) is 10.6 Å². The number of imidazole rings is 1. The highest BCUT2D eigenvalue weighted by Gasteiger charge is 2.25. The molecule has 4 heterocycles. The molecule has 30 heavy (non-hydrogen) atoms. The molecule has 3 aromatic rings. The number of fused-ring (bicyclic) bond motifs is 1. The molecule has 0 saturated carbocycles. The van der Waals surface area contributed by atoms with Crippen LogP contribution in [0.5, 0.6) is 0 Å². The van der Waals surface area contributed by atoms with Crippen LogP contribution in [0.15, 0.2) is 47.5 Å². The van der Waals surface area contributed by atoms with Crippen LogP contribution in [0.1, 0.15) is 5.69 Å². The van der Waals surface area contributed by atoms with Crippen LogP contribution in [0.25, 0.3) is 23.0 Å². The second kappa shape index (κ2) is 7.58. The summed E-state index contributed by atoms with van der Waals surface area (Å²) >= 11 is 0.882. The van der Waals surface area contributed by atoms with Gasteiger partial charge in [0.15, 0.2) is 5.65 Å². The second-order valence-corrected chi connectivity index (χ2v) is 8.38. The lowest BCUT2D eigenvalue weighted by atomic mass is 10.1. The molecule has 9 heteroatoms. The summed E-state index contributed by atoms with van der Waals surface area (Å²) in [5.74, 6) is -0.391. The first-order chi connectivity index (χ1) is 14.6. The zero-order valence-corrected chi connectivity index (χ0v) is 17.2. The maximum atomic E-state index is 11.8. The maximum absolute atomic E-state index is 11.8. The predicted molar refractivity (Wildman–Crippen MR) is 117 cm³/mol. The number of nitrogens with zero attached hydrogens (tertiary/aromatic N) is 5. The van der Waals surface area contributed by atoms with Gasteiger partial charge in [-0.3, -0.25) is 14.9 Å². The smallest absolute Gasteiger partial charge is 0.290 e. The van der Waals surface area contributed by atoms with Gasteiger partial charge >= 0.3 is 0 Å². The molecular formula is C21H20N6O2S. The Hall–Kier alpha value is -3.17. The van der Waals surface area contributed by atoms with Crippen molar-refractivity contribution < 1.29 is 9.59 Å². The summed E-state index contributed by atoms with van der Waals surface area (Å²) in [6.07, 6.45) is 3.43. The first-order valence-corrected chi connectivity index (χ1v) is 10.5. The summed E-state index contributed by atoms with van der Waals surface area (Å²) < 4.78 is 1.77. The quantitative estimate of drug-likeness (QED) is 0.652. The number of rotatable bonds is 3. The molecule has 2 fully saturated rings. The Kier molecular flexibility index (Phi) is 4.76. The van der Waals surface area contributed by atoms with E-state index in [0.717, 1.165) is 54.8 Å². The van der Waals surface area contributed by atoms with Crippen LogP contribution in [0, 0.1) is 0 Å². The number of aromatic nitrogens is 3. The number of hydrogen-bond donors (Lipinski definition) is 1. The fourth-order valence-electron chi connectivity index (χ4n) is 3.64. The fourth-order valence-corrected chi connectivity index (χ4v) is 4.31. The molecule has 0 bridgehead atoms. The number of amides is 2. The Labute approximate surface area is 177 Å². The van der Waals surface area contributed by atoms with Gasteiger partial charge in [-0.25, -0.2) is 9.50 Å². The Morgan fingerprint density at radius 2 is 1.93 bits per heavy atom. The summed E-state index contributed by atoms with van der Waals surface area (Å²) in [4.78, 5) is 32.7. The number of thioether (sulfide) groups is 1. The molecule has 0 spiro atoms. The van der Waals surface area contributed by atoms with Gasteiger partial charge in [-0.1, -0.05) is 12.1 Å². The molecule has 1 aromatic carbocycles. The highest BCUT2D eigenvalue weighted by Crippen LogP contribution is 2.27. The van der Waals surface area contributed by atoms with Crippen molar-refractivity contribution in [2.24, 2.45) is 0 Å². The Morgan fingerprint density at radius 3 is 2.70 bits per heavy atom. The van der Waals surface area contributed by atoms with Crippen LogP contribution in [0.4, 0.5) is 10.5 Å². The largest absolute Gasteiger partial charge is 0.369 e. The molecule has 0 aliphatic carbocycles. The van der Waals surface area contributed by atoms with Crippen molar-refractivity contribution in [1.82, 2.24) is 24.8 Å². The molecule has 0 radical (unpaired) electrons. The molecule has 0 unspecified atom stereocenters. The highest BCUT2D eigenvalue weighted by molar-refractivity contribution is 8.18. The standard InChI is InChI=1S/C21H20N6O2S/c1-25-7-9-26(10-8-25)16-4-2-3-14(11-16)17-13-22-19-6-5-15(24-27(17)19)12-18-20(28)23-21(29)30-18/h2-6,11-13H,7-10H2,1H3,(H,23,28,29). The van der Waals surface area contributed by atoms with Gasteiger partial charge in [0.1, 0.15) is 0 Å². The normalized spacial score (nSPS) is 19.1. The lowest BCUT2D eigenvalue weighted by Crippen LogP contribution is -2.44. The average Bonchev–Trinajstić information content (AvgIpc) is 3.31. The van der Waals surface area contributed by atoms with Crippen LogP contribution in [-0.4, -0.2) is 63.9 Å². The molecule has 2 aliphatic rings. The second-order valence-electron chi connectivity index (χ2n) is 7.36. The summed E-state index contributed by atoms with van der Waals surface area (Å²) in [7, 11) is 2.15. The molecule has 1 N–H and O–H groups in total. The minimum absolute atomic E-state index is 0.338. The number of nitrogens with one attached hydrogen (secondary N) is 1. The summed E-state index contributed by atoms with van der Waals surface area (Å²) in [6.45, 7) is 4.10. The van der Waals surface area contributed by atoms with Crippen molar-refractivity contribution in [2.75, 3.05) is 38.1 Å². The minimum atomic E-state index is -0.391. The van der Waals surface area contributed by atoms with Gasteiger partial charge in [0, 0.05) is 37.4 Å². The number of carbonyl (C=O) groups excluding carboxylic acids is 2. The van der Waals surface area contributed by atoms with Crippen molar-refractivity contribution in [2.45, 2.75) is 0 Å². The Bertz CT molecular complexity index is 1180. The van der Waals surface area contributed by atoms with Gasteiger partial charge in [0.25, 0.3) is 11.1 Å². The van der Waals surface area contributed by atoms with Crippen LogP contribution in [0.3, 0.4) is 0 Å². The number of piperazine rings is 1. The molecular weight excluding hydrogens is 400 g/mol. The first-order valence-electron chi connectivity index (χ1n) is 9.70. The van der Waals surface area contributed by atoms with E-state index in [1.165, 1.54) is 5.69 Å². The van der Waals surface area contributed by atoms with E-state index in [1.807, 2.05) is 12.3 Å². The molecule has 2 aromatic heterocycles. The van der Waals surface area contributed by atoms with Gasteiger partial charge in [-0.15, -0.1) is 0 Å². The van der Waals surface area contributed by atoms with E-state index in [1.54, 1.807) is 16.7 Å². The SMILES string of the molecule is CN1CCN(c2cccc(-c3cnc4ccc(C=C5SC(=O)NC5=O)nn34)c2)CC1. The third-order valence-electron chi connectivity index (χ3n) is 5.31. The van der Waals surface area contributed by atoms with E-state index in [9.17, 15) is 9.59 Å². The van der Waals surface area contributed by atoms with Crippen molar-refractivity contribution in [3.63, 3.8) is 0 Å². The van der Waals surface area contributed by atoms with Gasteiger partial charge in [-0.05, 0) is 49.2 Å². The highest BCUT2D eigenvalue weighted by atomic mass is 32.2.